The van der Waals surface area contributed by atoms with Gasteiger partial charge < -0.3 is 0 Å². The Hall–Kier alpha value is -1.00. The smallest absolute Gasteiger partial charge is 0.00155 e. The predicted molar refractivity (Wildman–Crippen MR) is 72.6 cm³/mol. The van der Waals surface area contributed by atoms with Gasteiger partial charge >= 0.3 is 0 Å². The fraction of sp³-hybridized carbons (Fsp3) is 0.333. The molecule has 1 heteroatoms. The van der Waals surface area contributed by atoms with Crippen LogP contribution in [0.5, 0.6) is 0 Å². The van der Waals surface area contributed by atoms with Gasteiger partial charge in [-0.1, -0.05) is 55.3 Å². The molecule has 1 unspecified atom stereocenters. The zero-order chi connectivity index (χ0) is 10.8. The molecule has 16 heavy (non-hydrogen) atoms. The SMILES string of the molecule is c1ccc(-c2ccc(C3CCCC3)[pH]2)cc1. The van der Waals surface area contributed by atoms with Crippen LogP contribution < -0.4 is 0 Å². The van der Waals surface area contributed by atoms with Gasteiger partial charge in [-0.25, -0.2) is 0 Å². The lowest BCUT2D eigenvalue weighted by molar-refractivity contribution is 0.738. The highest BCUT2D eigenvalue weighted by Crippen LogP contribution is 2.42. The molecule has 0 amide bonds. The zero-order valence-electron chi connectivity index (χ0n) is 9.45. The molecule has 1 fully saturated rings. The molecule has 0 saturated heterocycles. The zero-order valence-corrected chi connectivity index (χ0v) is 10.4. The summed E-state index contributed by atoms with van der Waals surface area (Å²) in [7, 11) is 0.924. The van der Waals surface area contributed by atoms with Crippen molar-refractivity contribution in [1.29, 1.82) is 0 Å². The average Bonchev–Trinajstić information content (AvgIpc) is 3.01. The molecule has 1 saturated carbocycles. The normalized spacial score (nSPS) is 17.2. The Kier molecular flexibility index (Phi) is 2.84. The van der Waals surface area contributed by atoms with Crippen molar-refractivity contribution in [2.24, 2.45) is 0 Å². The minimum Gasteiger partial charge on any atom is -0.128 e. The summed E-state index contributed by atoms with van der Waals surface area (Å²) in [5.74, 6) is 0.899. The summed E-state index contributed by atoms with van der Waals surface area (Å²) in [6.45, 7) is 0. The second-order valence-electron chi connectivity index (χ2n) is 4.67. The summed E-state index contributed by atoms with van der Waals surface area (Å²) in [6.07, 6.45) is 5.73. The van der Waals surface area contributed by atoms with Crippen molar-refractivity contribution in [3.63, 3.8) is 0 Å². The summed E-state index contributed by atoms with van der Waals surface area (Å²) < 4.78 is 0. The van der Waals surface area contributed by atoms with Gasteiger partial charge in [-0.2, -0.15) is 0 Å². The van der Waals surface area contributed by atoms with E-state index >= 15 is 0 Å². The molecule has 1 heterocycles. The molecule has 1 atom stereocenters. The molecule has 1 aliphatic rings. The van der Waals surface area contributed by atoms with E-state index in [4.69, 9.17) is 0 Å². The molecule has 0 N–H and O–H groups in total. The van der Waals surface area contributed by atoms with E-state index in [0.29, 0.717) is 0 Å². The van der Waals surface area contributed by atoms with Crippen LogP contribution in [0.15, 0.2) is 42.5 Å². The van der Waals surface area contributed by atoms with Gasteiger partial charge in [0.25, 0.3) is 0 Å². The van der Waals surface area contributed by atoms with Gasteiger partial charge in [0.15, 0.2) is 0 Å². The third-order valence-electron chi connectivity index (χ3n) is 3.59. The molecule has 1 aliphatic carbocycles. The quantitative estimate of drug-likeness (QED) is 0.675. The Morgan fingerprint density at radius 2 is 1.62 bits per heavy atom. The van der Waals surface area contributed by atoms with Crippen molar-refractivity contribution >= 4 is 8.19 Å². The maximum absolute atomic E-state index is 2.39. The van der Waals surface area contributed by atoms with E-state index in [-0.39, 0.29) is 0 Å². The first-order valence-electron chi connectivity index (χ1n) is 6.18. The van der Waals surface area contributed by atoms with Crippen LogP contribution in [0.2, 0.25) is 0 Å². The molecule has 0 aliphatic heterocycles. The van der Waals surface area contributed by atoms with Crippen molar-refractivity contribution in [1.82, 2.24) is 0 Å². The second-order valence-corrected chi connectivity index (χ2v) is 6.04. The first kappa shape index (κ1) is 10.2. The van der Waals surface area contributed by atoms with E-state index < -0.39 is 0 Å². The highest BCUT2D eigenvalue weighted by Gasteiger charge is 2.17. The number of benzene rings is 1. The Morgan fingerprint density at radius 3 is 2.38 bits per heavy atom. The highest BCUT2D eigenvalue weighted by atomic mass is 31.0. The molecular weight excluding hydrogens is 211 g/mol. The lowest BCUT2D eigenvalue weighted by atomic mass is 10.1. The van der Waals surface area contributed by atoms with Crippen LogP contribution in [0.1, 0.15) is 36.9 Å². The monoisotopic (exact) mass is 228 g/mol. The second kappa shape index (κ2) is 4.47. The third kappa shape index (κ3) is 1.95. The molecule has 1 aromatic carbocycles. The minimum atomic E-state index is 0.899. The lowest BCUT2D eigenvalue weighted by Crippen LogP contribution is -1.84. The largest absolute Gasteiger partial charge is 0.128 e. The molecule has 0 radical (unpaired) electrons. The fourth-order valence-electron chi connectivity index (χ4n) is 2.67. The van der Waals surface area contributed by atoms with Crippen molar-refractivity contribution < 1.29 is 0 Å². The van der Waals surface area contributed by atoms with Crippen LogP contribution in [0.25, 0.3) is 10.9 Å². The molecular formula is C15H17P. The van der Waals surface area contributed by atoms with E-state index in [1.165, 1.54) is 36.5 Å². The standard InChI is InChI=1S/C15H17P/c1-2-6-12(7-3-1)14-10-11-15(16-14)13-8-4-5-9-13/h1-3,6-7,10-11,13,16H,4-5,8-9H2. The first-order valence-corrected chi connectivity index (χ1v) is 7.18. The number of rotatable bonds is 2. The van der Waals surface area contributed by atoms with Crippen LogP contribution in [-0.2, 0) is 0 Å². The van der Waals surface area contributed by atoms with Crippen LogP contribution in [0, 0.1) is 0 Å². The van der Waals surface area contributed by atoms with E-state index in [1.807, 2.05) is 0 Å². The number of hydrogen-bond donors (Lipinski definition) is 0. The van der Waals surface area contributed by atoms with Gasteiger partial charge in [-0.15, -0.1) is 8.19 Å². The van der Waals surface area contributed by atoms with Gasteiger partial charge in [-0.05, 0) is 34.9 Å². The fourth-order valence-corrected chi connectivity index (χ4v) is 4.12. The topological polar surface area (TPSA) is 0 Å². The predicted octanol–water partition coefficient (Wildman–Crippen LogP) is 5.04. The summed E-state index contributed by atoms with van der Waals surface area (Å²) in [5, 5.41) is 3.24. The third-order valence-corrected chi connectivity index (χ3v) is 5.18. The van der Waals surface area contributed by atoms with Crippen LogP contribution in [0.4, 0.5) is 0 Å². The molecule has 0 spiro atoms. The Labute approximate surface area is 98.8 Å². The Morgan fingerprint density at radius 1 is 0.875 bits per heavy atom. The molecule has 3 rings (SSSR count). The summed E-state index contributed by atoms with van der Waals surface area (Å²) >= 11 is 0. The maximum atomic E-state index is 2.39. The van der Waals surface area contributed by atoms with E-state index in [9.17, 15) is 0 Å². The number of hydrogen-bond acceptors (Lipinski definition) is 0. The Balaban J connectivity index is 1.87. The van der Waals surface area contributed by atoms with Crippen molar-refractivity contribution in [3.05, 3.63) is 47.8 Å². The molecule has 1 aromatic heterocycles. The average molecular weight is 228 g/mol. The molecule has 0 nitrogen and oxygen atoms in total. The molecule has 0 bridgehead atoms. The van der Waals surface area contributed by atoms with Gasteiger partial charge in [0.2, 0.25) is 0 Å². The van der Waals surface area contributed by atoms with Gasteiger partial charge in [0.1, 0.15) is 0 Å². The minimum absolute atomic E-state index is 0.899. The summed E-state index contributed by atoms with van der Waals surface area (Å²) in [6, 6.07) is 15.5. The van der Waals surface area contributed by atoms with Crippen molar-refractivity contribution in [2.75, 3.05) is 0 Å². The molecule has 2 aromatic rings. The van der Waals surface area contributed by atoms with Gasteiger partial charge in [-0.3, -0.25) is 0 Å². The summed E-state index contributed by atoms with van der Waals surface area (Å²) in [4.78, 5) is 0. The lowest BCUT2D eigenvalue weighted by Gasteiger charge is -2.05. The first-order chi connectivity index (χ1) is 7.93. The van der Waals surface area contributed by atoms with Gasteiger partial charge in [0.05, 0.1) is 0 Å². The van der Waals surface area contributed by atoms with E-state index in [2.05, 4.69) is 42.5 Å². The summed E-state index contributed by atoms with van der Waals surface area (Å²) in [5.41, 5.74) is 1.41. The van der Waals surface area contributed by atoms with Crippen molar-refractivity contribution in [2.45, 2.75) is 31.6 Å². The van der Waals surface area contributed by atoms with E-state index in [0.717, 1.165) is 14.1 Å². The maximum Gasteiger partial charge on any atom is -0.00155 e. The van der Waals surface area contributed by atoms with Crippen molar-refractivity contribution in [3.8, 4) is 10.9 Å². The van der Waals surface area contributed by atoms with Crippen LogP contribution in [-0.4, -0.2) is 0 Å². The van der Waals surface area contributed by atoms with Gasteiger partial charge in [0, 0.05) is 0 Å². The van der Waals surface area contributed by atoms with Crippen LogP contribution >= 0.6 is 8.19 Å². The highest BCUT2D eigenvalue weighted by molar-refractivity contribution is 7.35. The Bertz CT molecular complexity index is 449. The van der Waals surface area contributed by atoms with E-state index in [1.54, 1.807) is 5.30 Å². The van der Waals surface area contributed by atoms with Crippen LogP contribution in [0.3, 0.4) is 0 Å². The molecule has 82 valence electrons.